The molecule has 520 valence electrons. The van der Waals surface area contributed by atoms with E-state index >= 15 is 0 Å². The lowest BCUT2D eigenvalue weighted by Gasteiger charge is -2.28. The highest BCUT2D eigenvalue weighted by Crippen LogP contribution is 2.40. The van der Waals surface area contributed by atoms with Crippen molar-refractivity contribution in [2.24, 2.45) is 0 Å². The molecule has 0 aliphatic heterocycles. The summed E-state index contributed by atoms with van der Waals surface area (Å²) >= 11 is 0. The summed E-state index contributed by atoms with van der Waals surface area (Å²) in [5.74, 6) is 1.50. The fourth-order valence-corrected chi connectivity index (χ4v) is 17.3. The molecule has 4 unspecified atom stereocenters. The quantitative estimate of drug-likeness (QED) is 0.0561. The minimum atomic E-state index is -0.918. The SMILES string of the molecule is Cc1cc(C)c(O)c(Pc2ccc(C)cc2C(C)(C)O)c1.Cc1cc(Pc2ccc(C)cc2C(C)(C)O)c(O)c(C(C)(C)C)c1.Cc1ccc(Pc2cc(C(C)(C)C)cc(C(C)(C)C)c2O)c(C(C)(C)O)c1.Cc1ccc(Pc2cc(C(C)(C)C)cc(C)c2O)c(C(C)(C)O)c1. The van der Waals surface area contributed by atoms with Crippen molar-refractivity contribution in [1.82, 2.24) is 0 Å². The maximum atomic E-state index is 11.1. The molecule has 8 aromatic rings. The molecular formula is C84H116O8P4. The largest absolute Gasteiger partial charge is 0.507 e. The van der Waals surface area contributed by atoms with E-state index < -0.39 is 22.4 Å². The van der Waals surface area contributed by atoms with Crippen LogP contribution in [0, 0.1) is 55.4 Å². The van der Waals surface area contributed by atoms with Gasteiger partial charge in [-0.15, -0.1) is 0 Å². The molecule has 0 aliphatic carbocycles. The van der Waals surface area contributed by atoms with Crippen LogP contribution in [-0.2, 0) is 44.1 Å². The summed E-state index contributed by atoms with van der Waals surface area (Å²) in [5, 5.41) is 92.8. The number of phenolic OH excluding ortho intramolecular Hbond substituents is 4. The van der Waals surface area contributed by atoms with E-state index in [4.69, 9.17) is 0 Å². The fraction of sp³-hybridized carbons (Fsp3) is 0.429. The highest BCUT2D eigenvalue weighted by Gasteiger charge is 2.30. The van der Waals surface area contributed by atoms with Crippen molar-refractivity contribution in [1.29, 1.82) is 0 Å². The number of aliphatic hydroxyl groups is 4. The van der Waals surface area contributed by atoms with E-state index in [1.165, 1.54) is 11.1 Å². The molecular weight excluding hydrogens is 1260 g/mol. The molecule has 12 heteroatoms. The van der Waals surface area contributed by atoms with E-state index in [0.29, 0.717) is 48.7 Å². The predicted molar refractivity (Wildman–Crippen MR) is 422 cm³/mol. The van der Waals surface area contributed by atoms with Crippen molar-refractivity contribution in [3.05, 3.63) is 210 Å². The number of hydrogen-bond donors (Lipinski definition) is 8. The lowest BCUT2D eigenvalue weighted by atomic mass is 9.80. The number of benzene rings is 8. The van der Waals surface area contributed by atoms with Crippen molar-refractivity contribution >= 4 is 76.8 Å². The minimum absolute atomic E-state index is 0.000709. The van der Waals surface area contributed by atoms with Crippen LogP contribution in [0.15, 0.2) is 121 Å². The summed E-state index contributed by atoms with van der Waals surface area (Å²) in [4.78, 5) is 0. The van der Waals surface area contributed by atoms with Crippen LogP contribution in [0.3, 0.4) is 0 Å². The third kappa shape index (κ3) is 22.3. The minimum Gasteiger partial charge on any atom is -0.507 e. The van der Waals surface area contributed by atoms with Crippen LogP contribution in [0.4, 0.5) is 0 Å². The number of rotatable bonds is 12. The van der Waals surface area contributed by atoms with Crippen molar-refractivity contribution in [3.8, 4) is 23.0 Å². The van der Waals surface area contributed by atoms with Gasteiger partial charge in [-0.25, -0.2) is 0 Å². The Labute approximate surface area is 585 Å². The summed E-state index contributed by atoms with van der Waals surface area (Å²) in [6.07, 6.45) is 0. The molecule has 0 radical (unpaired) electrons. The molecule has 8 N–H and O–H groups in total. The van der Waals surface area contributed by atoms with Gasteiger partial charge in [0.2, 0.25) is 0 Å². The third-order valence-corrected chi connectivity index (χ3v) is 22.3. The van der Waals surface area contributed by atoms with Crippen molar-refractivity contribution < 1.29 is 40.9 Å². The Kier molecular flexibility index (Phi) is 26.2. The Bertz CT molecular complexity index is 3980. The molecule has 8 rings (SSSR count). The van der Waals surface area contributed by atoms with Crippen LogP contribution >= 0.6 is 34.3 Å². The van der Waals surface area contributed by atoms with Crippen LogP contribution in [0.1, 0.15) is 227 Å². The smallest absolute Gasteiger partial charge is 0.127 e. The van der Waals surface area contributed by atoms with E-state index in [1.807, 2.05) is 120 Å². The maximum absolute atomic E-state index is 11.1. The zero-order valence-corrected chi connectivity index (χ0v) is 67.1. The Morgan fingerprint density at radius 2 is 0.448 bits per heavy atom. The molecule has 0 amide bonds. The molecule has 96 heavy (non-hydrogen) atoms. The monoisotopic (exact) mass is 1380 g/mol. The zero-order valence-electron chi connectivity index (χ0n) is 63.1. The predicted octanol–water partition coefficient (Wildman–Crippen LogP) is 16.7. The van der Waals surface area contributed by atoms with Gasteiger partial charge in [0.05, 0.1) is 22.4 Å². The summed E-state index contributed by atoms with van der Waals surface area (Å²) in [5.41, 5.74) is 12.9. The van der Waals surface area contributed by atoms with E-state index in [2.05, 4.69) is 181 Å². The van der Waals surface area contributed by atoms with E-state index in [-0.39, 0.29) is 30.2 Å². The zero-order chi connectivity index (χ0) is 73.1. The summed E-state index contributed by atoms with van der Waals surface area (Å²) in [7, 11) is 1.22. The Hall–Kier alpha value is -5.48. The van der Waals surface area contributed by atoms with Gasteiger partial charge < -0.3 is 40.9 Å². The first kappa shape index (κ1) is 81.2. The second-order valence-electron chi connectivity index (χ2n) is 32.7. The number of hydrogen-bond acceptors (Lipinski definition) is 8. The molecule has 0 spiro atoms. The van der Waals surface area contributed by atoms with Gasteiger partial charge >= 0.3 is 0 Å². The van der Waals surface area contributed by atoms with Gasteiger partial charge in [0.25, 0.3) is 0 Å². The van der Waals surface area contributed by atoms with Gasteiger partial charge in [-0.2, -0.15) is 0 Å². The van der Waals surface area contributed by atoms with Crippen LogP contribution in [0.25, 0.3) is 0 Å². The van der Waals surface area contributed by atoms with Gasteiger partial charge in [-0.1, -0.05) is 237 Å². The van der Waals surface area contributed by atoms with E-state index in [0.717, 1.165) is 120 Å². The second kappa shape index (κ2) is 31.0. The molecule has 0 aliphatic rings. The van der Waals surface area contributed by atoms with Crippen molar-refractivity contribution in [3.63, 3.8) is 0 Å². The van der Waals surface area contributed by atoms with E-state index in [9.17, 15) is 40.9 Å². The maximum Gasteiger partial charge on any atom is 0.127 e. The molecule has 0 saturated carbocycles. The number of aryl methyl sites for hydroxylation is 8. The first-order valence-electron chi connectivity index (χ1n) is 33.4. The summed E-state index contributed by atoms with van der Waals surface area (Å²) in [6, 6.07) is 41.3. The first-order valence-corrected chi connectivity index (χ1v) is 37.4. The van der Waals surface area contributed by atoms with Gasteiger partial charge in [0.15, 0.2) is 0 Å². The van der Waals surface area contributed by atoms with Crippen LogP contribution in [0.2, 0.25) is 0 Å². The molecule has 0 fully saturated rings. The molecule has 8 nitrogen and oxygen atoms in total. The standard InChI is InChI=1S/C24H35O2P.2C21H29O2P.C18H23O2P/c1-15-10-11-19(17(12-15)24(8,9)26)27-20-14-16(22(2,3)4)13-18(21(20)25)23(5,6)7;1-13-8-9-17(16(10-13)21(6,7)23)24-18-12-15(20(3,4)5)11-14(2)19(18)22;1-13-8-9-17(15(10-13)21(6,7)23)24-18-12-14(2)11-16(19(18)22)20(3,4)5;1-11-6-7-15(14(9-11)18(4,5)20)21-16-10-12(2)8-13(3)17(16)19/h10-14,25-27H,1-9H3;2*8-12,22-24H,1-7H3;6-10,19-21H,1-5H3. The Balaban J connectivity index is 0.000000232. The Morgan fingerprint density at radius 3 is 0.729 bits per heavy atom. The average molecular weight is 1380 g/mol. The van der Waals surface area contributed by atoms with Gasteiger partial charge in [-0.05, 0) is 234 Å². The lowest BCUT2D eigenvalue weighted by Crippen LogP contribution is -2.25. The summed E-state index contributed by atoms with van der Waals surface area (Å²) < 4.78 is 0. The van der Waals surface area contributed by atoms with Crippen LogP contribution in [0.5, 0.6) is 23.0 Å². The lowest BCUT2D eigenvalue weighted by molar-refractivity contribution is 0.0791. The van der Waals surface area contributed by atoms with Gasteiger partial charge in [0.1, 0.15) is 23.0 Å². The number of phenols is 4. The van der Waals surface area contributed by atoms with Gasteiger partial charge in [-0.3, -0.25) is 0 Å². The highest BCUT2D eigenvalue weighted by molar-refractivity contribution is 7.57. The molecule has 0 saturated heterocycles. The topological polar surface area (TPSA) is 162 Å². The van der Waals surface area contributed by atoms with Crippen molar-refractivity contribution in [2.75, 3.05) is 0 Å². The second-order valence-corrected chi connectivity index (χ2v) is 38.0. The van der Waals surface area contributed by atoms with Gasteiger partial charge in [0, 0.05) is 32.3 Å². The molecule has 0 bridgehead atoms. The Morgan fingerprint density at radius 1 is 0.219 bits per heavy atom. The van der Waals surface area contributed by atoms with Crippen LogP contribution < -0.4 is 42.4 Å². The molecule has 0 aromatic heterocycles. The summed E-state index contributed by atoms with van der Waals surface area (Å²) in [6.45, 7) is 56.5. The average Bonchev–Trinajstić information content (AvgIpc) is 0.812. The highest BCUT2D eigenvalue weighted by atomic mass is 31.1. The normalized spacial score (nSPS) is 13.0. The van der Waals surface area contributed by atoms with Crippen molar-refractivity contribution in [2.45, 2.75) is 238 Å². The first-order chi connectivity index (χ1) is 43.6. The molecule has 8 aromatic carbocycles. The van der Waals surface area contributed by atoms with E-state index in [1.54, 1.807) is 13.8 Å². The molecule has 0 heterocycles. The molecule has 4 atom stereocenters. The number of aromatic hydroxyl groups is 4. The third-order valence-electron chi connectivity index (χ3n) is 16.9. The van der Waals surface area contributed by atoms with Crippen LogP contribution in [-0.4, -0.2) is 40.9 Å². The fourth-order valence-electron chi connectivity index (χ4n) is 11.2.